The minimum Gasteiger partial charge on any atom is -0.493 e. The standard InChI is InChI=1S/C28H39N5O3/c1-4-20(16-32-14-11-29-19-32)17-33(5-2)28(34)24-15-22(24)18-31-12-9-21(10-13-31)26-23-7-6-8-25(35-3)27(23)36-30-26/h6-8,11,14,19-22,24H,4-5,9-10,12-13,15-18H2,1-3H3/t20-,22-,24+/m0/s1. The van der Waals surface area contributed by atoms with Crippen molar-refractivity contribution in [3.8, 4) is 5.75 Å². The van der Waals surface area contributed by atoms with Gasteiger partial charge in [-0.2, -0.15) is 0 Å². The van der Waals surface area contributed by atoms with Gasteiger partial charge < -0.3 is 23.6 Å². The summed E-state index contributed by atoms with van der Waals surface area (Å²) in [4.78, 5) is 22.1. The Labute approximate surface area is 213 Å². The van der Waals surface area contributed by atoms with Crippen molar-refractivity contribution in [3.05, 3.63) is 42.6 Å². The zero-order chi connectivity index (χ0) is 25.1. The van der Waals surface area contributed by atoms with Crippen molar-refractivity contribution >= 4 is 16.9 Å². The van der Waals surface area contributed by atoms with Crippen LogP contribution in [0.4, 0.5) is 0 Å². The largest absolute Gasteiger partial charge is 0.493 e. The number of benzene rings is 1. The van der Waals surface area contributed by atoms with Crippen LogP contribution >= 0.6 is 0 Å². The van der Waals surface area contributed by atoms with Crippen LogP contribution in [0.5, 0.6) is 5.75 Å². The lowest BCUT2D eigenvalue weighted by molar-refractivity contribution is -0.133. The molecule has 194 valence electrons. The third-order valence-electron chi connectivity index (χ3n) is 8.19. The third kappa shape index (κ3) is 5.28. The quantitative estimate of drug-likeness (QED) is 0.394. The molecule has 0 N–H and O–H groups in total. The Bertz CT molecular complexity index is 1140. The summed E-state index contributed by atoms with van der Waals surface area (Å²) >= 11 is 0. The van der Waals surface area contributed by atoms with E-state index < -0.39 is 0 Å². The van der Waals surface area contributed by atoms with E-state index in [1.165, 1.54) is 0 Å². The summed E-state index contributed by atoms with van der Waals surface area (Å²) in [6.07, 6.45) is 9.90. The van der Waals surface area contributed by atoms with Crippen LogP contribution in [-0.4, -0.2) is 70.2 Å². The molecular weight excluding hydrogens is 454 g/mol. The molecule has 1 aliphatic heterocycles. The van der Waals surface area contributed by atoms with E-state index in [0.29, 0.717) is 23.7 Å². The first-order valence-corrected chi connectivity index (χ1v) is 13.5. The van der Waals surface area contributed by atoms with Crippen LogP contribution in [-0.2, 0) is 11.3 Å². The van der Waals surface area contributed by atoms with Crippen LogP contribution in [0.1, 0.15) is 51.1 Å². The van der Waals surface area contributed by atoms with Gasteiger partial charge in [-0.05, 0) is 69.7 Å². The Morgan fingerprint density at radius 3 is 2.81 bits per heavy atom. The van der Waals surface area contributed by atoms with Crippen molar-refractivity contribution < 1.29 is 14.1 Å². The fourth-order valence-electron chi connectivity index (χ4n) is 5.81. The lowest BCUT2D eigenvalue weighted by Gasteiger charge is -2.31. The van der Waals surface area contributed by atoms with E-state index in [1.807, 2.05) is 30.9 Å². The molecule has 0 bridgehead atoms. The average Bonchev–Trinajstić information content (AvgIpc) is 3.27. The Kier molecular flexibility index (Phi) is 7.60. The summed E-state index contributed by atoms with van der Waals surface area (Å²) in [5.41, 5.74) is 1.80. The predicted molar refractivity (Wildman–Crippen MR) is 139 cm³/mol. The highest BCUT2D eigenvalue weighted by Crippen LogP contribution is 2.42. The van der Waals surface area contributed by atoms with E-state index >= 15 is 0 Å². The molecule has 5 rings (SSSR count). The number of para-hydroxylation sites is 1. The number of imidazole rings is 1. The maximum atomic E-state index is 13.3. The highest BCUT2D eigenvalue weighted by molar-refractivity contribution is 5.85. The second kappa shape index (κ2) is 11.0. The number of carbonyl (C=O) groups is 1. The van der Waals surface area contributed by atoms with E-state index in [4.69, 9.17) is 9.26 Å². The lowest BCUT2D eigenvalue weighted by atomic mass is 9.91. The number of hydrogen-bond donors (Lipinski definition) is 0. The molecule has 8 nitrogen and oxygen atoms in total. The molecule has 1 amide bonds. The minimum absolute atomic E-state index is 0.195. The number of fused-ring (bicyclic) bond motifs is 1. The van der Waals surface area contributed by atoms with Gasteiger partial charge in [0.15, 0.2) is 5.75 Å². The second-order valence-corrected chi connectivity index (χ2v) is 10.5. The van der Waals surface area contributed by atoms with Gasteiger partial charge in [0, 0.05) is 55.8 Å². The Balaban J connectivity index is 1.10. The SMILES string of the molecule is CC[C@H](CN(CC)C(=O)[C@@H]1C[C@H]1CN1CCC(c2noc3c(OC)cccc23)CC1)Cn1ccnc1. The van der Waals surface area contributed by atoms with Gasteiger partial charge in [-0.3, -0.25) is 4.79 Å². The van der Waals surface area contributed by atoms with Gasteiger partial charge in [-0.25, -0.2) is 4.98 Å². The number of piperidine rings is 1. The number of aromatic nitrogens is 3. The van der Waals surface area contributed by atoms with E-state index in [1.54, 1.807) is 7.11 Å². The predicted octanol–water partition coefficient (Wildman–Crippen LogP) is 4.42. The topological polar surface area (TPSA) is 76.6 Å². The van der Waals surface area contributed by atoms with Gasteiger partial charge in [0.25, 0.3) is 0 Å². The first kappa shape index (κ1) is 24.8. The van der Waals surface area contributed by atoms with Crippen molar-refractivity contribution in [2.45, 2.75) is 52.0 Å². The maximum Gasteiger partial charge on any atom is 0.226 e. The Morgan fingerprint density at radius 1 is 1.28 bits per heavy atom. The van der Waals surface area contributed by atoms with Crippen molar-refractivity contribution in [1.82, 2.24) is 24.5 Å². The van der Waals surface area contributed by atoms with E-state index in [2.05, 4.69) is 44.4 Å². The molecule has 0 unspecified atom stereocenters. The van der Waals surface area contributed by atoms with Crippen LogP contribution in [0.25, 0.3) is 11.0 Å². The van der Waals surface area contributed by atoms with Gasteiger partial charge in [0.1, 0.15) is 0 Å². The van der Waals surface area contributed by atoms with Crippen molar-refractivity contribution in [1.29, 1.82) is 0 Å². The highest BCUT2D eigenvalue weighted by atomic mass is 16.5. The number of hydrogen-bond acceptors (Lipinski definition) is 6. The van der Waals surface area contributed by atoms with Crippen LogP contribution in [0, 0.1) is 17.8 Å². The van der Waals surface area contributed by atoms with Gasteiger partial charge in [-0.1, -0.05) is 18.1 Å². The van der Waals surface area contributed by atoms with E-state index in [-0.39, 0.29) is 5.92 Å². The van der Waals surface area contributed by atoms with Gasteiger partial charge in [-0.15, -0.1) is 0 Å². The average molecular weight is 494 g/mol. The molecule has 2 aromatic heterocycles. The van der Waals surface area contributed by atoms with Crippen LogP contribution in [0.3, 0.4) is 0 Å². The zero-order valence-corrected chi connectivity index (χ0v) is 21.8. The number of nitrogens with zero attached hydrogens (tertiary/aromatic N) is 5. The molecule has 1 saturated carbocycles. The first-order chi connectivity index (χ1) is 17.6. The molecule has 2 fully saturated rings. The lowest BCUT2D eigenvalue weighted by Crippen LogP contribution is -2.39. The fraction of sp³-hybridized carbons (Fsp3) is 0.607. The van der Waals surface area contributed by atoms with Gasteiger partial charge >= 0.3 is 0 Å². The molecule has 1 aromatic carbocycles. The van der Waals surface area contributed by atoms with Crippen molar-refractivity contribution in [2.24, 2.45) is 17.8 Å². The van der Waals surface area contributed by atoms with Crippen molar-refractivity contribution in [3.63, 3.8) is 0 Å². The molecule has 3 heterocycles. The van der Waals surface area contributed by atoms with Gasteiger partial charge in [0.05, 0.1) is 19.1 Å². The van der Waals surface area contributed by atoms with E-state index in [0.717, 1.165) is 87.4 Å². The number of methoxy groups -OCH3 is 1. The molecule has 36 heavy (non-hydrogen) atoms. The first-order valence-electron chi connectivity index (χ1n) is 13.5. The third-order valence-corrected chi connectivity index (χ3v) is 8.19. The Morgan fingerprint density at radius 2 is 2.11 bits per heavy atom. The summed E-state index contributed by atoms with van der Waals surface area (Å²) in [5.74, 6) is 2.63. The Hall–Kier alpha value is -2.87. The summed E-state index contributed by atoms with van der Waals surface area (Å²) in [7, 11) is 1.66. The molecule has 1 aliphatic carbocycles. The summed E-state index contributed by atoms with van der Waals surface area (Å²) in [5, 5.41) is 5.48. The van der Waals surface area contributed by atoms with Crippen LogP contribution in [0.15, 0.2) is 41.4 Å². The van der Waals surface area contributed by atoms with E-state index in [9.17, 15) is 4.79 Å². The molecule has 0 radical (unpaired) electrons. The number of carbonyl (C=O) groups excluding carboxylic acids is 1. The van der Waals surface area contributed by atoms with Crippen molar-refractivity contribution in [2.75, 3.05) is 39.8 Å². The van der Waals surface area contributed by atoms with Crippen LogP contribution < -0.4 is 4.74 Å². The number of rotatable bonds is 11. The monoisotopic (exact) mass is 493 g/mol. The number of ether oxygens (including phenoxy) is 1. The normalized spacial score (nSPS) is 21.5. The molecule has 8 heteroatoms. The smallest absolute Gasteiger partial charge is 0.226 e. The van der Waals surface area contributed by atoms with Crippen LogP contribution in [0.2, 0.25) is 0 Å². The molecule has 3 aromatic rings. The summed E-state index contributed by atoms with van der Waals surface area (Å²) in [6, 6.07) is 5.99. The second-order valence-electron chi connectivity index (χ2n) is 10.5. The molecule has 0 spiro atoms. The number of amides is 1. The summed E-state index contributed by atoms with van der Waals surface area (Å²) < 4.78 is 13.2. The zero-order valence-electron chi connectivity index (χ0n) is 21.8. The maximum absolute atomic E-state index is 13.3. The minimum atomic E-state index is 0.195. The molecule has 2 aliphatic rings. The fourth-order valence-corrected chi connectivity index (χ4v) is 5.81. The summed E-state index contributed by atoms with van der Waals surface area (Å²) in [6.45, 7) is 9.95. The molecular formula is C28H39N5O3. The molecule has 1 saturated heterocycles. The number of likely N-dealkylation sites (tertiary alicyclic amines) is 1. The van der Waals surface area contributed by atoms with Gasteiger partial charge in [0.2, 0.25) is 11.5 Å². The molecule has 3 atom stereocenters. The highest BCUT2D eigenvalue weighted by Gasteiger charge is 2.45.